The lowest BCUT2D eigenvalue weighted by molar-refractivity contribution is 0.123. The van der Waals surface area contributed by atoms with Gasteiger partial charge in [-0.2, -0.15) is 0 Å². The molecule has 2 aliphatic rings. The van der Waals surface area contributed by atoms with Gasteiger partial charge in [0.05, 0.1) is 6.61 Å². The Hall–Kier alpha value is -1.22. The zero-order valence-electron chi connectivity index (χ0n) is 11.8. The summed E-state index contributed by atoms with van der Waals surface area (Å²) in [7, 11) is 0. The predicted molar refractivity (Wildman–Crippen MR) is 79.0 cm³/mol. The molecule has 0 aromatic heterocycles. The first-order valence-electron chi connectivity index (χ1n) is 7.46. The topological polar surface area (TPSA) is 33.3 Å². The van der Waals surface area contributed by atoms with Gasteiger partial charge in [-0.1, -0.05) is 13.0 Å². The largest absolute Gasteiger partial charge is 0.493 e. The van der Waals surface area contributed by atoms with E-state index in [1.165, 1.54) is 36.9 Å². The fourth-order valence-electron chi connectivity index (χ4n) is 2.96. The Labute approximate surface area is 115 Å². The molecule has 0 spiro atoms. The Morgan fingerprint density at radius 1 is 1.21 bits per heavy atom. The van der Waals surface area contributed by atoms with Crippen molar-refractivity contribution in [1.82, 2.24) is 5.32 Å². The third-order valence-corrected chi connectivity index (χ3v) is 4.42. The van der Waals surface area contributed by atoms with Gasteiger partial charge >= 0.3 is 0 Å². The molecule has 104 valence electrons. The second-order valence-electron chi connectivity index (χ2n) is 6.20. The van der Waals surface area contributed by atoms with Gasteiger partial charge in [0.15, 0.2) is 0 Å². The Morgan fingerprint density at radius 3 is 2.89 bits per heavy atom. The van der Waals surface area contributed by atoms with E-state index in [0.717, 1.165) is 32.0 Å². The van der Waals surface area contributed by atoms with Gasteiger partial charge in [-0.05, 0) is 50.4 Å². The zero-order chi connectivity index (χ0) is 13.1. The van der Waals surface area contributed by atoms with Crippen LogP contribution in [0, 0.1) is 5.41 Å². The molecule has 3 nitrogen and oxygen atoms in total. The number of benzene rings is 1. The van der Waals surface area contributed by atoms with E-state index in [0.29, 0.717) is 5.41 Å². The summed E-state index contributed by atoms with van der Waals surface area (Å²) in [5, 5.41) is 6.87. The Kier molecular flexibility index (Phi) is 3.65. The molecule has 2 N–H and O–H groups in total. The Balaban J connectivity index is 1.63. The van der Waals surface area contributed by atoms with Gasteiger partial charge in [0, 0.05) is 23.7 Å². The molecule has 2 heterocycles. The molecule has 1 aromatic rings. The minimum atomic E-state index is 0.328. The molecular formula is C16H24N2O. The zero-order valence-corrected chi connectivity index (χ0v) is 11.8. The number of fused-ring (bicyclic) bond motifs is 1. The number of nitrogens with one attached hydrogen (secondary N) is 2. The van der Waals surface area contributed by atoms with Gasteiger partial charge in [0.2, 0.25) is 0 Å². The number of rotatable bonds is 3. The maximum atomic E-state index is 6.05. The molecule has 2 aliphatic heterocycles. The first-order chi connectivity index (χ1) is 9.25. The molecule has 1 aromatic carbocycles. The number of hydrogen-bond donors (Lipinski definition) is 2. The number of anilines is 1. The normalized spacial score (nSPS) is 21.3. The van der Waals surface area contributed by atoms with Gasteiger partial charge in [-0.25, -0.2) is 0 Å². The summed E-state index contributed by atoms with van der Waals surface area (Å²) >= 11 is 0. The maximum Gasteiger partial charge on any atom is 0.121 e. The maximum absolute atomic E-state index is 6.05. The number of ether oxygens (including phenoxy) is 1. The summed E-state index contributed by atoms with van der Waals surface area (Å²) in [6.45, 7) is 6.48. The quantitative estimate of drug-likeness (QED) is 0.877. The second kappa shape index (κ2) is 5.41. The van der Waals surface area contributed by atoms with Gasteiger partial charge in [0.25, 0.3) is 0 Å². The molecule has 3 rings (SSSR count). The molecule has 0 saturated carbocycles. The van der Waals surface area contributed by atoms with Crippen LogP contribution in [-0.4, -0.2) is 26.2 Å². The third kappa shape index (κ3) is 3.03. The first-order valence-corrected chi connectivity index (χ1v) is 7.46. The van der Waals surface area contributed by atoms with Crippen molar-refractivity contribution < 1.29 is 4.74 Å². The molecule has 0 radical (unpaired) electrons. The highest BCUT2D eigenvalue weighted by molar-refractivity contribution is 5.56. The van der Waals surface area contributed by atoms with Crippen molar-refractivity contribution >= 4 is 5.69 Å². The molecule has 0 atom stereocenters. The molecule has 1 fully saturated rings. The molecular weight excluding hydrogens is 236 g/mol. The SMILES string of the molecule is CC1(COc2ccc3c(c2)NCCC3)CCNCC1. The standard InChI is InChI=1S/C16H24N2O/c1-16(6-9-17-10-7-16)12-19-14-5-4-13-3-2-8-18-15(13)11-14/h4-5,11,17-18H,2-3,6-10,12H2,1H3. The van der Waals surface area contributed by atoms with Crippen molar-refractivity contribution in [3.63, 3.8) is 0 Å². The van der Waals surface area contributed by atoms with Crippen molar-refractivity contribution in [3.8, 4) is 5.75 Å². The van der Waals surface area contributed by atoms with Crippen molar-refractivity contribution in [1.29, 1.82) is 0 Å². The van der Waals surface area contributed by atoms with E-state index in [1.54, 1.807) is 0 Å². The summed E-state index contributed by atoms with van der Waals surface area (Å²) in [6, 6.07) is 6.50. The Morgan fingerprint density at radius 2 is 2.05 bits per heavy atom. The average molecular weight is 260 g/mol. The molecule has 0 unspecified atom stereocenters. The van der Waals surface area contributed by atoms with E-state index in [2.05, 4.69) is 35.8 Å². The highest BCUT2D eigenvalue weighted by Crippen LogP contribution is 2.31. The molecule has 3 heteroatoms. The van der Waals surface area contributed by atoms with Gasteiger partial charge in [-0.3, -0.25) is 0 Å². The van der Waals surface area contributed by atoms with Crippen LogP contribution in [0.3, 0.4) is 0 Å². The fourth-order valence-corrected chi connectivity index (χ4v) is 2.96. The average Bonchev–Trinajstić information content (AvgIpc) is 2.46. The third-order valence-electron chi connectivity index (χ3n) is 4.42. The van der Waals surface area contributed by atoms with Gasteiger partial charge in [0.1, 0.15) is 5.75 Å². The summed E-state index contributed by atoms with van der Waals surface area (Å²) in [5.41, 5.74) is 3.01. The molecule has 0 bridgehead atoms. The smallest absolute Gasteiger partial charge is 0.121 e. The van der Waals surface area contributed by atoms with Crippen LogP contribution in [0.2, 0.25) is 0 Å². The van der Waals surface area contributed by atoms with Crippen LogP contribution < -0.4 is 15.4 Å². The van der Waals surface area contributed by atoms with Crippen LogP contribution in [0.4, 0.5) is 5.69 Å². The summed E-state index contributed by atoms with van der Waals surface area (Å²) in [5.74, 6) is 1.01. The lowest BCUT2D eigenvalue weighted by Crippen LogP contribution is -2.38. The lowest BCUT2D eigenvalue weighted by atomic mass is 9.82. The van der Waals surface area contributed by atoms with Crippen molar-refractivity contribution in [2.24, 2.45) is 5.41 Å². The van der Waals surface area contributed by atoms with Crippen LogP contribution in [0.25, 0.3) is 0 Å². The number of aryl methyl sites for hydroxylation is 1. The first kappa shape index (κ1) is 12.8. The van der Waals surface area contributed by atoms with Crippen molar-refractivity contribution in [2.75, 3.05) is 31.6 Å². The Bertz CT molecular complexity index is 438. The van der Waals surface area contributed by atoms with E-state index < -0.39 is 0 Å². The monoisotopic (exact) mass is 260 g/mol. The fraction of sp³-hybridized carbons (Fsp3) is 0.625. The molecule has 0 amide bonds. The highest BCUT2D eigenvalue weighted by Gasteiger charge is 2.27. The minimum Gasteiger partial charge on any atom is -0.493 e. The van der Waals surface area contributed by atoms with E-state index >= 15 is 0 Å². The summed E-state index contributed by atoms with van der Waals surface area (Å²) < 4.78 is 6.05. The number of piperidine rings is 1. The van der Waals surface area contributed by atoms with Crippen LogP contribution >= 0.6 is 0 Å². The highest BCUT2D eigenvalue weighted by atomic mass is 16.5. The minimum absolute atomic E-state index is 0.328. The van der Waals surface area contributed by atoms with E-state index in [-0.39, 0.29) is 0 Å². The van der Waals surface area contributed by atoms with Gasteiger partial charge in [-0.15, -0.1) is 0 Å². The van der Waals surface area contributed by atoms with E-state index in [9.17, 15) is 0 Å². The lowest BCUT2D eigenvalue weighted by Gasteiger charge is -2.33. The van der Waals surface area contributed by atoms with Crippen LogP contribution in [0.5, 0.6) is 5.75 Å². The van der Waals surface area contributed by atoms with Crippen LogP contribution in [0.1, 0.15) is 31.7 Å². The predicted octanol–water partition coefficient (Wildman–Crippen LogP) is 2.81. The van der Waals surface area contributed by atoms with Crippen LogP contribution in [0.15, 0.2) is 18.2 Å². The molecule has 19 heavy (non-hydrogen) atoms. The number of hydrogen-bond acceptors (Lipinski definition) is 3. The van der Waals surface area contributed by atoms with Crippen LogP contribution in [-0.2, 0) is 6.42 Å². The molecule has 1 saturated heterocycles. The second-order valence-corrected chi connectivity index (χ2v) is 6.20. The molecule has 0 aliphatic carbocycles. The van der Waals surface area contributed by atoms with E-state index in [1.807, 2.05) is 0 Å². The summed E-state index contributed by atoms with van der Waals surface area (Å²) in [4.78, 5) is 0. The summed E-state index contributed by atoms with van der Waals surface area (Å²) in [6.07, 6.45) is 4.83. The van der Waals surface area contributed by atoms with Crippen molar-refractivity contribution in [3.05, 3.63) is 23.8 Å². The van der Waals surface area contributed by atoms with Gasteiger partial charge < -0.3 is 15.4 Å². The van der Waals surface area contributed by atoms with Crippen molar-refractivity contribution in [2.45, 2.75) is 32.6 Å². The van der Waals surface area contributed by atoms with E-state index in [4.69, 9.17) is 4.74 Å².